The molecular weight excluding hydrogens is 358 g/mol. The number of halogens is 1. The Balaban J connectivity index is 1.86. The normalized spacial score (nSPS) is 10.7. The Bertz CT molecular complexity index is 588. The highest BCUT2D eigenvalue weighted by Crippen LogP contribution is 2.36. The standard InChI is InChI=1S/C17H24BrN3O2/c1-3-22-16-11-14(10-15(18)17(16)23-4-2)12-19-6-5-8-21-9-7-20-13-21/h7,9-11,13,19H,3-6,8,12H2,1-2H3. The van der Waals surface area contributed by atoms with E-state index in [1.54, 1.807) is 6.20 Å². The lowest BCUT2D eigenvalue weighted by Gasteiger charge is -2.15. The van der Waals surface area contributed by atoms with Crippen molar-refractivity contribution in [2.24, 2.45) is 0 Å². The van der Waals surface area contributed by atoms with Crippen LogP contribution in [0.4, 0.5) is 0 Å². The van der Waals surface area contributed by atoms with Crippen LogP contribution in [0.2, 0.25) is 0 Å². The number of aryl methyl sites for hydroxylation is 1. The van der Waals surface area contributed by atoms with Crippen LogP contribution in [0.25, 0.3) is 0 Å². The Morgan fingerprint density at radius 1 is 1.22 bits per heavy atom. The first-order valence-corrected chi connectivity index (χ1v) is 8.78. The van der Waals surface area contributed by atoms with E-state index in [1.165, 1.54) is 5.56 Å². The van der Waals surface area contributed by atoms with Crippen LogP contribution in [-0.4, -0.2) is 29.3 Å². The third-order valence-corrected chi connectivity index (χ3v) is 3.91. The fourth-order valence-corrected chi connectivity index (χ4v) is 2.91. The van der Waals surface area contributed by atoms with E-state index in [-0.39, 0.29) is 0 Å². The molecule has 0 amide bonds. The maximum atomic E-state index is 5.69. The highest BCUT2D eigenvalue weighted by molar-refractivity contribution is 9.10. The zero-order chi connectivity index (χ0) is 16.5. The van der Waals surface area contributed by atoms with Crippen LogP contribution in [0.1, 0.15) is 25.8 Å². The van der Waals surface area contributed by atoms with Crippen LogP contribution < -0.4 is 14.8 Å². The molecule has 1 heterocycles. The summed E-state index contributed by atoms with van der Waals surface area (Å²) in [5.74, 6) is 1.57. The van der Waals surface area contributed by atoms with Gasteiger partial charge in [-0.3, -0.25) is 0 Å². The molecule has 0 aliphatic carbocycles. The third kappa shape index (κ3) is 5.55. The number of hydrogen-bond acceptors (Lipinski definition) is 4. The molecule has 0 saturated heterocycles. The Kier molecular flexibility index (Phi) is 7.42. The number of imidazole rings is 1. The van der Waals surface area contributed by atoms with Crippen molar-refractivity contribution < 1.29 is 9.47 Å². The van der Waals surface area contributed by atoms with Gasteiger partial charge in [0.2, 0.25) is 0 Å². The SMILES string of the molecule is CCOc1cc(CNCCCn2ccnc2)cc(Br)c1OCC. The van der Waals surface area contributed by atoms with Gasteiger partial charge in [0.15, 0.2) is 11.5 Å². The minimum atomic E-state index is 0.616. The molecule has 1 N–H and O–H groups in total. The van der Waals surface area contributed by atoms with E-state index < -0.39 is 0 Å². The summed E-state index contributed by atoms with van der Waals surface area (Å²) in [4.78, 5) is 4.04. The number of nitrogens with zero attached hydrogens (tertiary/aromatic N) is 2. The molecule has 0 saturated carbocycles. The van der Waals surface area contributed by atoms with Gasteiger partial charge in [-0.15, -0.1) is 0 Å². The molecule has 0 bridgehead atoms. The fourth-order valence-electron chi connectivity index (χ4n) is 2.31. The van der Waals surface area contributed by atoms with Crippen molar-refractivity contribution in [2.45, 2.75) is 33.4 Å². The van der Waals surface area contributed by atoms with Crippen LogP contribution in [0.3, 0.4) is 0 Å². The van der Waals surface area contributed by atoms with Crippen LogP contribution in [-0.2, 0) is 13.1 Å². The van der Waals surface area contributed by atoms with Gasteiger partial charge in [0.05, 0.1) is 24.0 Å². The quantitative estimate of drug-likeness (QED) is 0.638. The summed E-state index contributed by atoms with van der Waals surface area (Å²) >= 11 is 3.57. The maximum Gasteiger partial charge on any atom is 0.175 e. The molecule has 0 unspecified atom stereocenters. The second-order valence-corrected chi connectivity index (χ2v) is 5.96. The van der Waals surface area contributed by atoms with Crippen molar-refractivity contribution >= 4 is 15.9 Å². The topological polar surface area (TPSA) is 48.3 Å². The third-order valence-electron chi connectivity index (χ3n) is 3.32. The molecule has 1 aromatic carbocycles. The number of nitrogens with one attached hydrogen (secondary N) is 1. The van der Waals surface area contributed by atoms with Gasteiger partial charge in [-0.05, 0) is 60.4 Å². The van der Waals surface area contributed by atoms with Gasteiger partial charge in [0.1, 0.15) is 0 Å². The van der Waals surface area contributed by atoms with Gasteiger partial charge >= 0.3 is 0 Å². The van der Waals surface area contributed by atoms with Crippen molar-refractivity contribution in [3.05, 3.63) is 40.9 Å². The molecule has 2 rings (SSSR count). The van der Waals surface area contributed by atoms with Crippen LogP contribution in [0.5, 0.6) is 11.5 Å². The average molecular weight is 382 g/mol. The fraction of sp³-hybridized carbons (Fsp3) is 0.471. The monoisotopic (exact) mass is 381 g/mol. The van der Waals surface area contributed by atoms with Gasteiger partial charge in [-0.1, -0.05) is 0 Å². The second kappa shape index (κ2) is 9.57. The van der Waals surface area contributed by atoms with Crippen molar-refractivity contribution in [1.29, 1.82) is 0 Å². The predicted molar refractivity (Wildman–Crippen MR) is 95.0 cm³/mol. The summed E-state index contributed by atoms with van der Waals surface area (Å²) < 4.78 is 14.4. The van der Waals surface area contributed by atoms with E-state index in [1.807, 2.05) is 32.4 Å². The van der Waals surface area contributed by atoms with E-state index in [9.17, 15) is 0 Å². The summed E-state index contributed by atoms with van der Waals surface area (Å²) in [6.07, 6.45) is 6.70. The maximum absolute atomic E-state index is 5.69. The Labute approximate surface area is 146 Å². The number of hydrogen-bond donors (Lipinski definition) is 1. The molecule has 0 atom stereocenters. The molecule has 5 nitrogen and oxygen atoms in total. The van der Waals surface area contributed by atoms with Gasteiger partial charge in [0, 0.05) is 25.5 Å². The number of aromatic nitrogens is 2. The molecule has 126 valence electrons. The molecule has 0 spiro atoms. The van der Waals surface area contributed by atoms with Crippen LogP contribution >= 0.6 is 15.9 Å². The lowest BCUT2D eigenvalue weighted by Crippen LogP contribution is -2.16. The van der Waals surface area contributed by atoms with E-state index in [0.29, 0.717) is 13.2 Å². The molecule has 0 fully saturated rings. The zero-order valence-corrected chi connectivity index (χ0v) is 15.3. The molecule has 0 radical (unpaired) electrons. The minimum absolute atomic E-state index is 0.616. The highest BCUT2D eigenvalue weighted by atomic mass is 79.9. The van der Waals surface area contributed by atoms with Crippen LogP contribution in [0, 0.1) is 0 Å². The van der Waals surface area contributed by atoms with Gasteiger partial charge in [-0.25, -0.2) is 4.98 Å². The molecular formula is C17H24BrN3O2. The molecule has 2 aromatic rings. The summed E-state index contributed by atoms with van der Waals surface area (Å²) in [7, 11) is 0. The Morgan fingerprint density at radius 2 is 2.04 bits per heavy atom. The molecule has 6 heteroatoms. The summed E-state index contributed by atoms with van der Waals surface area (Å²) in [5.41, 5.74) is 1.17. The van der Waals surface area contributed by atoms with E-state index in [0.717, 1.165) is 42.0 Å². The number of benzene rings is 1. The second-order valence-electron chi connectivity index (χ2n) is 5.10. The molecule has 0 aliphatic rings. The number of rotatable bonds is 10. The van der Waals surface area contributed by atoms with E-state index in [2.05, 4.69) is 36.9 Å². The molecule has 0 aliphatic heterocycles. The largest absolute Gasteiger partial charge is 0.490 e. The van der Waals surface area contributed by atoms with Crippen molar-refractivity contribution in [3.8, 4) is 11.5 Å². The first kappa shape index (κ1) is 17.8. The smallest absolute Gasteiger partial charge is 0.175 e. The highest BCUT2D eigenvalue weighted by Gasteiger charge is 2.11. The molecule has 23 heavy (non-hydrogen) atoms. The Hall–Kier alpha value is -1.53. The average Bonchev–Trinajstić information content (AvgIpc) is 3.04. The van der Waals surface area contributed by atoms with E-state index in [4.69, 9.17) is 9.47 Å². The van der Waals surface area contributed by atoms with Gasteiger partial charge in [-0.2, -0.15) is 0 Å². The summed E-state index contributed by atoms with van der Waals surface area (Å²) in [6, 6.07) is 4.12. The number of ether oxygens (including phenoxy) is 2. The zero-order valence-electron chi connectivity index (χ0n) is 13.7. The molecule has 1 aromatic heterocycles. The van der Waals surface area contributed by atoms with Crippen LogP contribution in [0.15, 0.2) is 35.3 Å². The first-order valence-electron chi connectivity index (χ1n) is 7.99. The minimum Gasteiger partial charge on any atom is -0.490 e. The van der Waals surface area contributed by atoms with Crippen molar-refractivity contribution in [1.82, 2.24) is 14.9 Å². The first-order chi connectivity index (χ1) is 11.2. The summed E-state index contributed by atoms with van der Waals surface area (Å²) in [5, 5.41) is 3.46. The predicted octanol–water partition coefficient (Wildman–Crippen LogP) is 3.62. The summed E-state index contributed by atoms with van der Waals surface area (Å²) in [6.45, 7) is 7.91. The Morgan fingerprint density at radius 3 is 2.74 bits per heavy atom. The van der Waals surface area contributed by atoms with Crippen molar-refractivity contribution in [3.63, 3.8) is 0 Å². The van der Waals surface area contributed by atoms with Gasteiger partial charge in [0.25, 0.3) is 0 Å². The van der Waals surface area contributed by atoms with Crippen molar-refractivity contribution in [2.75, 3.05) is 19.8 Å². The lowest BCUT2D eigenvalue weighted by molar-refractivity contribution is 0.286. The van der Waals surface area contributed by atoms with E-state index >= 15 is 0 Å². The lowest BCUT2D eigenvalue weighted by atomic mass is 10.2. The van der Waals surface area contributed by atoms with Gasteiger partial charge < -0.3 is 19.4 Å².